The molecule has 0 saturated carbocycles. The van der Waals surface area contributed by atoms with Crippen molar-refractivity contribution in [2.45, 2.75) is 25.5 Å². The molecule has 0 fully saturated rings. The fourth-order valence-corrected chi connectivity index (χ4v) is 2.26. The summed E-state index contributed by atoms with van der Waals surface area (Å²) in [7, 11) is 0. The Morgan fingerprint density at radius 2 is 1.81 bits per heavy atom. The second-order valence-corrected chi connectivity index (χ2v) is 5.49. The zero-order valence-corrected chi connectivity index (χ0v) is 13.9. The maximum Gasteiger partial charge on any atom is 0.408 e. The van der Waals surface area contributed by atoms with E-state index in [1.807, 2.05) is 30.3 Å². The summed E-state index contributed by atoms with van der Waals surface area (Å²) in [6.45, 7) is -0.0204. The lowest BCUT2D eigenvalue weighted by molar-refractivity contribution is -0.139. The molecule has 2 aromatic carbocycles. The van der Waals surface area contributed by atoms with Crippen molar-refractivity contribution in [1.29, 1.82) is 0 Å². The van der Waals surface area contributed by atoms with Crippen LogP contribution in [0.15, 0.2) is 59.7 Å². The van der Waals surface area contributed by atoms with Crippen molar-refractivity contribution in [3.8, 4) is 0 Å². The Morgan fingerprint density at radius 3 is 2.42 bits per heavy atom. The van der Waals surface area contributed by atoms with Gasteiger partial charge in [0.1, 0.15) is 12.6 Å². The number of carbonyl (C=O) groups excluding carboxylic acids is 1. The van der Waals surface area contributed by atoms with Crippen LogP contribution in [0.3, 0.4) is 0 Å². The first-order chi connectivity index (χ1) is 12.6. The van der Waals surface area contributed by atoms with Gasteiger partial charge in [0, 0.05) is 10.6 Å². The number of nitrogens with one attached hydrogen (secondary N) is 1. The highest BCUT2D eigenvalue weighted by Crippen LogP contribution is 2.13. The molecular weight excluding hydrogens is 336 g/mol. The van der Waals surface area contributed by atoms with Crippen LogP contribution in [0.4, 0.5) is 10.5 Å². The quantitative estimate of drug-likeness (QED) is 0.423. The molecule has 0 radical (unpaired) electrons. The first kappa shape index (κ1) is 18.8. The molecule has 1 atom stereocenters. The van der Waals surface area contributed by atoms with Crippen LogP contribution >= 0.6 is 0 Å². The highest BCUT2D eigenvalue weighted by molar-refractivity contribution is 5.79. The number of amides is 1. The molecule has 0 aliphatic heterocycles. The predicted octanol–water partition coefficient (Wildman–Crippen LogP) is 3.94. The summed E-state index contributed by atoms with van der Waals surface area (Å²) in [6.07, 6.45) is -0.0153. The van der Waals surface area contributed by atoms with Gasteiger partial charge in [-0.3, -0.25) is 0 Å². The van der Waals surface area contributed by atoms with Crippen molar-refractivity contribution < 1.29 is 19.4 Å². The van der Waals surface area contributed by atoms with Crippen molar-refractivity contribution in [2.75, 3.05) is 0 Å². The van der Waals surface area contributed by atoms with Gasteiger partial charge in [0.2, 0.25) is 0 Å². The van der Waals surface area contributed by atoms with E-state index in [2.05, 4.69) is 15.3 Å². The number of rotatable bonds is 8. The standard InChI is InChI=1S/C18H18N4O4/c19-22-21-15-9-6-14(7-10-15)12-26-18(25)20-16(17(23)24)11-8-13-4-2-1-3-5-13/h1-7,9-10,16H,8,11-12H2,(H,20,25)(H,23,24)/t16-/m0/s1. The lowest BCUT2D eigenvalue weighted by Gasteiger charge is -2.14. The molecule has 2 rings (SSSR count). The average molecular weight is 354 g/mol. The average Bonchev–Trinajstić information content (AvgIpc) is 2.65. The van der Waals surface area contributed by atoms with Gasteiger partial charge in [-0.25, -0.2) is 9.59 Å². The Labute approximate surface area is 150 Å². The van der Waals surface area contributed by atoms with E-state index in [4.69, 9.17) is 10.3 Å². The number of aliphatic carboxylic acids is 1. The summed E-state index contributed by atoms with van der Waals surface area (Å²) >= 11 is 0. The van der Waals surface area contributed by atoms with Crippen LogP contribution in [0.5, 0.6) is 0 Å². The molecule has 0 bridgehead atoms. The molecule has 8 heteroatoms. The number of aryl methyl sites for hydroxylation is 1. The largest absolute Gasteiger partial charge is 0.480 e. The number of alkyl carbamates (subject to hydrolysis) is 1. The Balaban J connectivity index is 1.83. The van der Waals surface area contributed by atoms with Crippen LogP contribution in [-0.4, -0.2) is 23.2 Å². The molecule has 0 heterocycles. The van der Waals surface area contributed by atoms with Gasteiger partial charge < -0.3 is 15.2 Å². The molecule has 0 unspecified atom stereocenters. The van der Waals surface area contributed by atoms with Gasteiger partial charge in [0.05, 0.1) is 0 Å². The van der Waals surface area contributed by atoms with Gasteiger partial charge in [-0.05, 0) is 29.5 Å². The van der Waals surface area contributed by atoms with E-state index in [0.29, 0.717) is 17.7 Å². The first-order valence-corrected chi connectivity index (χ1v) is 7.92. The Bertz CT molecular complexity index is 787. The molecule has 134 valence electrons. The maximum absolute atomic E-state index is 11.8. The van der Waals surface area contributed by atoms with Gasteiger partial charge in [0.25, 0.3) is 0 Å². The normalized spacial score (nSPS) is 11.1. The van der Waals surface area contributed by atoms with E-state index < -0.39 is 18.1 Å². The number of carbonyl (C=O) groups is 2. The predicted molar refractivity (Wildman–Crippen MR) is 94.8 cm³/mol. The zero-order chi connectivity index (χ0) is 18.8. The van der Waals surface area contributed by atoms with E-state index in [1.165, 1.54) is 0 Å². The second-order valence-electron chi connectivity index (χ2n) is 5.49. The number of ether oxygens (including phenoxy) is 1. The third kappa shape index (κ3) is 6.18. The van der Waals surface area contributed by atoms with Gasteiger partial charge in [0.15, 0.2) is 0 Å². The van der Waals surface area contributed by atoms with Crippen molar-refractivity contribution in [3.05, 3.63) is 76.2 Å². The van der Waals surface area contributed by atoms with Crippen LogP contribution in [0.1, 0.15) is 17.5 Å². The van der Waals surface area contributed by atoms with E-state index >= 15 is 0 Å². The highest BCUT2D eigenvalue weighted by atomic mass is 16.5. The maximum atomic E-state index is 11.8. The van der Waals surface area contributed by atoms with Gasteiger partial charge in [-0.1, -0.05) is 59.7 Å². The second kappa shape index (κ2) is 9.71. The summed E-state index contributed by atoms with van der Waals surface area (Å²) in [5, 5.41) is 15.1. The van der Waals surface area contributed by atoms with E-state index in [0.717, 1.165) is 5.56 Å². The lowest BCUT2D eigenvalue weighted by atomic mass is 10.1. The monoisotopic (exact) mass is 354 g/mol. The molecule has 2 N–H and O–H groups in total. The Hall–Kier alpha value is -3.51. The third-order valence-corrected chi connectivity index (χ3v) is 3.62. The van der Waals surface area contributed by atoms with Crippen molar-refractivity contribution >= 4 is 17.7 Å². The smallest absolute Gasteiger partial charge is 0.408 e. The summed E-state index contributed by atoms with van der Waals surface area (Å²) < 4.78 is 5.04. The molecule has 0 spiro atoms. The number of nitrogens with zero attached hydrogens (tertiary/aromatic N) is 3. The number of azide groups is 1. The number of carboxylic acids is 1. The van der Waals surface area contributed by atoms with E-state index in [1.54, 1.807) is 24.3 Å². The molecule has 2 aromatic rings. The fraction of sp³-hybridized carbons (Fsp3) is 0.222. The minimum absolute atomic E-state index is 0.0204. The molecule has 0 saturated heterocycles. The van der Waals surface area contributed by atoms with Crippen LogP contribution in [0.25, 0.3) is 10.4 Å². The molecule has 8 nitrogen and oxygen atoms in total. The molecule has 26 heavy (non-hydrogen) atoms. The number of benzene rings is 2. The Morgan fingerprint density at radius 1 is 1.12 bits per heavy atom. The van der Waals surface area contributed by atoms with Crippen LogP contribution in [-0.2, 0) is 22.6 Å². The minimum atomic E-state index is -1.11. The summed E-state index contributed by atoms with van der Waals surface area (Å²) in [4.78, 5) is 25.8. The lowest BCUT2D eigenvalue weighted by Crippen LogP contribution is -2.41. The number of hydrogen-bond donors (Lipinski definition) is 2. The van der Waals surface area contributed by atoms with Gasteiger partial charge in [-0.2, -0.15) is 0 Å². The molecular formula is C18H18N4O4. The molecule has 0 aliphatic rings. The highest BCUT2D eigenvalue weighted by Gasteiger charge is 2.20. The fourth-order valence-electron chi connectivity index (χ4n) is 2.26. The van der Waals surface area contributed by atoms with Crippen LogP contribution in [0.2, 0.25) is 0 Å². The molecule has 0 aromatic heterocycles. The van der Waals surface area contributed by atoms with Crippen molar-refractivity contribution in [2.24, 2.45) is 5.11 Å². The topological polar surface area (TPSA) is 124 Å². The zero-order valence-electron chi connectivity index (χ0n) is 13.9. The first-order valence-electron chi connectivity index (χ1n) is 7.92. The summed E-state index contributed by atoms with van der Waals surface area (Å²) in [6, 6.07) is 14.9. The van der Waals surface area contributed by atoms with Crippen molar-refractivity contribution in [3.63, 3.8) is 0 Å². The third-order valence-electron chi connectivity index (χ3n) is 3.62. The van der Waals surface area contributed by atoms with Crippen LogP contribution in [0, 0.1) is 0 Å². The van der Waals surface area contributed by atoms with E-state index in [-0.39, 0.29) is 13.0 Å². The number of carboxylic acid groups (broad SMARTS) is 1. The van der Waals surface area contributed by atoms with Crippen molar-refractivity contribution in [1.82, 2.24) is 5.32 Å². The molecule has 1 amide bonds. The Kier molecular flexibility index (Phi) is 7.03. The minimum Gasteiger partial charge on any atom is -0.480 e. The van der Waals surface area contributed by atoms with Gasteiger partial charge in [-0.15, -0.1) is 0 Å². The summed E-state index contributed by atoms with van der Waals surface area (Å²) in [5.74, 6) is -1.11. The summed E-state index contributed by atoms with van der Waals surface area (Å²) in [5.41, 5.74) is 10.5. The van der Waals surface area contributed by atoms with Gasteiger partial charge >= 0.3 is 12.1 Å². The molecule has 0 aliphatic carbocycles. The SMILES string of the molecule is [N-]=[N+]=Nc1ccc(COC(=O)N[C@@H](CCc2ccccc2)C(=O)O)cc1. The van der Waals surface area contributed by atoms with Crippen LogP contribution < -0.4 is 5.32 Å². The van der Waals surface area contributed by atoms with E-state index in [9.17, 15) is 14.7 Å². The number of hydrogen-bond acceptors (Lipinski definition) is 4.